The van der Waals surface area contributed by atoms with Crippen LogP contribution in [0.2, 0.25) is 0 Å². The van der Waals surface area contributed by atoms with Crippen molar-refractivity contribution < 1.29 is 18.3 Å². The highest BCUT2D eigenvalue weighted by Gasteiger charge is 2.22. The minimum absolute atomic E-state index is 0.0719. The number of sulfonamides is 1. The van der Waals surface area contributed by atoms with E-state index < -0.39 is 16.0 Å². The summed E-state index contributed by atoms with van der Waals surface area (Å²) in [6.45, 7) is 6.02. The fourth-order valence-electron chi connectivity index (χ4n) is 2.44. The van der Waals surface area contributed by atoms with Crippen molar-refractivity contribution in [1.29, 1.82) is 0 Å². The largest absolute Gasteiger partial charge is 0.478 e. The highest BCUT2D eigenvalue weighted by molar-refractivity contribution is 7.89. The summed E-state index contributed by atoms with van der Waals surface area (Å²) in [7, 11) is -3.87. The van der Waals surface area contributed by atoms with Gasteiger partial charge in [0.1, 0.15) is 0 Å². The Morgan fingerprint density at radius 3 is 2.23 bits per heavy atom. The Labute approximate surface area is 131 Å². The van der Waals surface area contributed by atoms with E-state index in [1.807, 2.05) is 20.8 Å². The maximum absolute atomic E-state index is 11.5. The van der Waals surface area contributed by atoms with E-state index in [0.717, 1.165) is 12.8 Å². The fraction of sp³-hybridized carbons (Fsp3) is 0.533. The number of carboxylic acid groups (broad SMARTS) is 1. The lowest BCUT2D eigenvalue weighted by Crippen LogP contribution is -2.32. The van der Waals surface area contributed by atoms with Crippen LogP contribution >= 0.6 is 0 Å². The molecular weight excluding hydrogens is 304 g/mol. The van der Waals surface area contributed by atoms with Gasteiger partial charge in [0.25, 0.3) is 0 Å². The quantitative estimate of drug-likeness (QED) is 0.678. The molecule has 1 rings (SSSR count). The number of nitrogens with one attached hydrogen (secondary N) is 1. The average molecular weight is 328 g/mol. The predicted octanol–water partition coefficient (Wildman–Crippen LogP) is 2.26. The van der Waals surface area contributed by atoms with Crippen molar-refractivity contribution in [3.8, 4) is 0 Å². The van der Waals surface area contributed by atoms with Gasteiger partial charge in [-0.3, -0.25) is 0 Å². The van der Waals surface area contributed by atoms with Gasteiger partial charge in [0.15, 0.2) is 0 Å². The Morgan fingerprint density at radius 1 is 1.23 bits per heavy atom. The Hall–Kier alpha value is -1.44. The average Bonchev–Trinajstić information content (AvgIpc) is 2.47. The van der Waals surface area contributed by atoms with Gasteiger partial charge in [0.2, 0.25) is 10.0 Å². The number of benzene rings is 1. The molecule has 0 saturated carbocycles. The monoisotopic (exact) mass is 328 g/mol. The normalized spacial score (nSPS) is 13.3. The number of nitrogens with two attached hydrogens (primary N) is 1. The molecule has 1 unspecified atom stereocenters. The standard InChI is InChI=1S/C15H24N2O4S/c1-4-10(5-2)17-14(6-3)13-9-11(22(16,20)21)7-8-12(13)15(18)19/h7-10,14,17H,4-6H2,1-3H3,(H,18,19)(H2,16,20,21). The van der Waals surface area contributed by atoms with Gasteiger partial charge >= 0.3 is 5.97 Å². The van der Waals surface area contributed by atoms with E-state index in [1.165, 1.54) is 18.2 Å². The van der Waals surface area contributed by atoms with Gasteiger partial charge in [-0.15, -0.1) is 0 Å². The number of aromatic carboxylic acids is 1. The molecule has 0 amide bonds. The number of hydrogen-bond acceptors (Lipinski definition) is 4. The van der Waals surface area contributed by atoms with Crippen molar-refractivity contribution in [1.82, 2.24) is 5.32 Å². The zero-order valence-electron chi connectivity index (χ0n) is 13.2. The third-order valence-corrected chi connectivity index (χ3v) is 4.70. The van der Waals surface area contributed by atoms with Gasteiger partial charge in [0.05, 0.1) is 10.5 Å². The zero-order chi connectivity index (χ0) is 16.9. The van der Waals surface area contributed by atoms with Crippen LogP contribution in [-0.2, 0) is 10.0 Å². The molecule has 0 saturated heterocycles. The number of rotatable bonds is 8. The van der Waals surface area contributed by atoms with Crippen LogP contribution in [0.4, 0.5) is 0 Å². The molecule has 1 aromatic carbocycles. The number of carboxylic acids is 1. The molecule has 0 aliphatic carbocycles. The molecule has 7 heteroatoms. The maximum Gasteiger partial charge on any atom is 0.336 e. The molecule has 6 nitrogen and oxygen atoms in total. The van der Waals surface area contributed by atoms with Gasteiger partial charge in [0, 0.05) is 12.1 Å². The zero-order valence-corrected chi connectivity index (χ0v) is 14.0. The Balaban J connectivity index is 3.35. The van der Waals surface area contributed by atoms with E-state index in [4.69, 9.17) is 5.14 Å². The second-order valence-corrected chi connectivity index (χ2v) is 6.80. The molecule has 0 fully saturated rings. The van der Waals surface area contributed by atoms with Crippen LogP contribution in [0.3, 0.4) is 0 Å². The van der Waals surface area contributed by atoms with Crippen LogP contribution in [0, 0.1) is 0 Å². The predicted molar refractivity (Wildman–Crippen MR) is 85.3 cm³/mol. The molecule has 4 N–H and O–H groups in total. The molecule has 0 aliphatic rings. The molecule has 124 valence electrons. The van der Waals surface area contributed by atoms with Crippen LogP contribution in [0.5, 0.6) is 0 Å². The van der Waals surface area contributed by atoms with Gasteiger partial charge in [-0.05, 0) is 43.0 Å². The summed E-state index contributed by atoms with van der Waals surface area (Å²) in [5, 5.41) is 17.9. The molecule has 0 aliphatic heterocycles. The second kappa shape index (κ2) is 7.71. The second-order valence-electron chi connectivity index (χ2n) is 5.24. The summed E-state index contributed by atoms with van der Waals surface area (Å²) in [6.07, 6.45) is 2.46. The molecule has 1 atom stereocenters. The lowest BCUT2D eigenvalue weighted by molar-refractivity contribution is 0.0694. The minimum atomic E-state index is -3.87. The fourth-order valence-corrected chi connectivity index (χ4v) is 2.99. The molecule has 1 aromatic rings. The Morgan fingerprint density at radius 2 is 1.82 bits per heavy atom. The summed E-state index contributed by atoms with van der Waals surface area (Å²) >= 11 is 0. The van der Waals surface area contributed by atoms with E-state index in [-0.39, 0.29) is 22.5 Å². The summed E-state index contributed by atoms with van der Waals surface area (Å²) < 4.78 is 23.0. The first-order chi connectivity index (χ1) is 10.2. The van der Waals surface area contributed by atoms with Gasteiger partial charge in [-0.1, -0.05) is 20.8 Å². The van der Waals surface area contributed by atoms with Crippen molar-refractivity contribution in [2.24, 2.45) is 5.14 Å². The molecule has 0 spiro atoms. The van der Waals surface area contributed by atoms with Crippen LogP contribution in [0.1, 0.15) is 62.0 Å². The minimum Gasteiger partial charge on any atom is -0.478 e. The molecule has 0 radical (unpaired) electrons. The summed E-state index contributed by atoms with van der Waals surface area (Å²) in [5.41, 5.74) is 0.547. The van der Waals surface area contributed by atoms with E-state index in [0.29, 0.717) is 12.0 Å². The highest BCUT2D eigenvalue weighted by Crippen LogP contribution is 2.25. The van der Waals surface area contributed by atoms with Crippen LogP contribution in [0.25, 0.3) is 0 Å². The SMILES string of the molecule is CCC(CC)NC(CC)c1cc(S(N)(=O)=O)ccc1C(=O)O. The molecule has 0 bridgehead atoms. The highest BCUT2D eigenvalue weighted by atomic mass is 32.2. The first-order valence-electron chi connectivity index (χ1n) is 7.40. The lowest BCUT2D eigenvalue weighted by atomic mass is 9.97. The first kappa shape index (κ1) is 18.6. The molecule has 0 aromatic heterocycles. The summed E-state index contributed by atoms with van der Waals surface area (Å²) in [5.74, 6) is -1.08. The van der Waals surface area contributed by atoms with Crippen molar-refractivity contribution in [3.05, 3.63) is 29.3 Å². The van der Waals surface area contributed by atoms with Gasteiger partial charge in [-0.25, -0.2) is 18.4 Å². The summed E-state index contributed by atoms with van der Waals surface area (Å²) in [4.78, 5) is 11.3. The third-order valence-electron chi connectivity index (χ3n) is 3.79. The first-order valence-corrected chi connectivity index (χ1v) is 8.95. The van der Waals surface area contributed by atoms with Crippen LogP contribution in [-0.4, -0.2) is 25.5 Å². The van der Waals surface area contributed by atoms with Crippen LogP contribution < -0.4 is 10.5 Å². The third kappa shape index (κ3) is 4.53. The van der Waals surface area contributed by atoms with E-state index in [1.54, 1.807) is 0 Å². The number of carbonyl (C=O) groups is 1. The van der Waals surface area contributed by atoms with Gasteiger partial charge in [-0.2, -0.15) is 0 Å². The van der Waals surface area contributed by atoms with Crippen molar-refractivity contribution >= 4 is 16.0 Å². The smallest absolute Gasteiger partial charge is 0.336 e. The van der Waals surface area contributed by atoms with E-state index in [2.05, 4.69) is 5.32 Å². The van der Waals surface area contributed by atoms with E-state index >= 15 is 0 Å². The number of primary sulfonamides is 1. The maximum atomic E-state index is 11.5. The van der Waals surface area contributed by atoms with Crippen LogP contribution in [0.15, 0.2) is 23.1 Å². The molecule has 22 heavy (non-hydrogen) atoms. The topological polar surface area (TPSA) is 109 Å². The van der Waals surface area contributed by atoms with Gasteiger partial charge < -0.3 is 10.4 Å². The Kier molecular flexibility index (Phi) is 6.52. The van der Waals surface area contributed by atoms with Crippen molar-refractivity contribution in [2.75, 3.05) is 0 Å². The molecule has 0 heterocycles. The van der Waals surface area contributed by atoms with Crippen molar-refractivity contribution in [2.45, 2.75) is 57.0 Å². The summed E-state index contributed by atoms with van der Waals surface area (Å²) in [6, 6.07) is 3.89. The Bertz CT molecular complexity index is 624. The molecular formula is C15H24N2O4S. The van der Waals surface area contributed by atoms with E-state index in [9.17, 15) is 18.3 Å². The number of hydrogen-bond donors (Lipinski definition) is 3. The van der Waals surface area contributed by atoms with Crippen molar-refractivity contribution in [3.63, 3.8) is 0 Å². The lowest BCUT2D eigenvalue weighted by Gasteiger charge is -2.25.